The number of nitrogens with one attached hydrogen (secondary N) is 1. The van der Waals surface area contributed by atoms with E-state index in [1.165, 1.54) is 6.07 Å². The molecule has 0 aliphatic heterocycles. The third-order valence-electron chi connectivity index (χ3n) is 3.54. The summed E-state index contributed by atoms with van der Waals surface area (Å²) < 4.78 is 39.1. The van der Waals surface area contributed by atoms with Gasteiger partial charge in [-0.3, -0.25) is 0 Å². The van der Waals surface area contributed by atoms with E-state index in [0.717, 1.165) is 17.7 Å². The van der Waals surface area contributed by atoms with E-state index in [4.69, 9.17) is 5.26 Å². The molecular weight excluding hydrogens is 329 g/mol. The normalized spacial score (nSPS) is 11.6. The Balaban J connectivity index is 2.12. The van der Waals surface area contributed by atoms with Crippen molar-refractivity contribution in [2.24, 2.45) is 0 Å². The van der Waals surface area contributed by atoms with Crippen LogP contribution in [0.5, 0.6) is 0 Å². The van der Waals surface area contributed by atoms with E-state index in [1.54, 1.807) is 12.2 Å². The van der Waals surface area contributed by atoms with Crippen LogP contribution in [0.15, 0.2) is 48.5 Å². The Hall–Kier alpha value is -3.40. The number of aromatic amines is 1. The first kappa shape index (κ1) is 16.5. The summed E-state index contributed by atoms with van der Waals surface area (Å²) >= 11 is 0. The van der Waals surface area contributed by atoms with Crippen LogP contribution in [0.2, 0.25) is 0 Å². The molecule has 124 valence electrons. The number of nitriles is 1. The summed E-state index contributed by atoms with van der Waals surface area (Å²) in [5, 5.41) is 18.9. The second-order valence-corrected chi connectivity index (χ2v) is 5.18. The van der Waals surface area contributed by atoms with Gasteiger partial charge in [0, 0.05) is 5.56 Å². The summed E-state index contributed by atoms with van der Waals surface area (Å²) in [5.41, 5.74) is 0.796. The monoisotopic (exact) mass is 340 g/mol. The van der Waals surface area contributed by atoms with Crippen LogP contribution >= 0.6 is 0 Å². The molecule has 1 N–H and O–H groups in total. The molecule has 0 aliphatic rings. The fraction of sp³-hybridized carbons (Fsp3) is 0.0556. The van der Waals surface area contributed by atoms with Gasteiger partial charge in [-0.25, -0.2) is 0 Å². The van der Waals surface area contributed by atoms with Gasteiger partial charge in [0.1, 0.15) is 11.8 Å². The molecule has 0 bridgehead atoms. The molecule has 0 aliphatic carbocycles. The first-order valence-corrected chi connectivity index (χ1v) is 7.24. The lowest BCUT2D eigenvalue weighted by Crippen LogP contribution is -2.05. The lowest BCUT2D eigenvalue weighted by atomic mass is 9.99. The van der Waals surface area contributed by atoms with Gasteiger partial charge in [-0.05, 0) is 23.3 Å². The average Bonchev–Trinajstić information content (AvgIpc) is 3.08. The smallest absolute Gasteiger partial charge is 0.196 e. The highest BCUT2D eigenvalue weighted by atomic mass is 19.4. The SMILES string of the molecule is N#Cc1n[nH]nc1-c1cc(C(F)(F)F)ccc1C=Cc1ccccc1. The Bertz CT molecular complexity index is 950. The summed E-state index contributed by atoms with van der Waals surface area (Å²) in [4.78, 5) is 0. The Morgan fingerprint density at radius 1 is 1.00 bits per heavy atom. The van der Waals surface area contributed by atoms with Crippen molar-refractivity contribution in [2.45, 2.75) is 6.18 Å². The van der Waals surface area contributed by atoms with E-state index in [-0.39, 0.29) is 17.0 Å². The minimum absolute atomic E-state index is 0.0614. The van der Waals surface area contributed by atoms with Gasteiger partial charge in [0.2, 0.25) is 0 Å². The van der Waals surface area contributed by atoms with E-state index < -0.39 is 11.7 Å². The van der Waals surface area contributed by atoms with Gasteiger partial charge < -0.3 is 0 Å². The Morgan fingerprint density at radius 3 is 2.44 bits per heavy atom. The van der Waals surface area contributed by atoms with Crippen LogP contribution in [0.25, 0.3) is 23.4 Å². The van der Waals surface area contributed by atoms with Crippen LogP contribution in [-0.2, 0) is 6.18 Å². The minimum Gasteiger partial charge on any atom is -0.196 e. The molecule has 0 spiro atoms. The molecule has 0 atom stereocenters. The predicted octanol–water partition coefficient (Wildman–Crippen LogP) is 4.53. The number of hydrogen-bond donors (Lipinski definition) is 1. The fourth-order valence-electron chi connectivity index (χ4n) is 2.33. The molecular formula is C18H11F3N4. The first-order valence-electron chi connectivity index (χ1n) is 7.24. The molecule has 7 heteroatoms. The number of aromatic nitrogens is 3. The third-order valence-corrected chi connectivity index (χ3v) is 3.54. The van der Waals surface area contributed by atoms with Crippen LogP contribution in [0, 0.1) is 11.3 Å². The van der Waals surface area contributed by atoms with Crippen molar-refractivity contribution in [3.63, 3.8) is 0 Å². The molecule has 0 saturated carbocycles. The van der Waals surface area contributed by atoms with E-state index >= 15 is 0 Å². The van der Waals surface area contributed by atoms with Gasteiger partial charge in [0.15, 0.2) is 5.69 Å². The second-order valence-electron chi connectivity index (χ2n) is 5.18. The molecule has 0 radical (unpaired) electrons. The van der Waals surface area contributed by atoms with Crippen LogP contribution in [0.3, 0.4) is 0 Å². The van der Waals surface area contributed by atoms with Crippen molar-refractivity contribution < 1.29 is 13.2 Å². The number of halogens is 3. The van der Waals surface area contributed by atoms with E-state index in [1.807, 2.05) is 36.4 Å². The second kappa shape index (κ2) is 6.61. The standard InChI is InChI=1S/C18H11F3N4/c19-18(20,21)14-9-8-13(7-6-12-4-2-1-3-5-12)15(10-14)17-16(11-22)23-25-24-17/h1-10H,(H,23,24,25). The van der Waals surface area contributed by atoms with E-state index in [0.29, 0.717) is 5.56 Å². The maximum Gasteiger partial charge on any atom is 0.416 e. The van der Waals surface area contributed by atoms with Crippen molar-refractivity contribution in [3.05, 3.63) is 70.9 Å². The van der Waals surface area contributed by atoms with Crippen LogP contribution in [-0.4, -0.2) is 15.4 Å². The van der Waals surface area contributed by atoms with Gasteiger partial charge in [-0.1, -0.05) is 48.6 Å². The number of benzene rings is 2. The van der Waals surface area contributed by atoms with E-state index in [9.17, 15) is 13.2 Å². The largest absolute Gasteiger partial charge is 0.416 e. The fourth-order valence-corrected chi connectivity index (χ4v) is 2.33. The molecule has 0 amide bonds. The molecule has 1 aromatic heterocycles. The zero-order valence-corrected chi connectivity index (χ0v) is 12.7. The Labute approximate surface area is 141 Å². The van der Waals surface area contributed by atoms with Crippen LogP contribution < -0.4 is 0 Å². The maximum atomic E-state index is 13.0. The summed E-state index contributed by atoms with van der Waals surface area (Å²) in [6, 6.07) is 14.5. The molecule has 0 unspecified atom stereocenters. The minimum atomic E-state index is -4.49. The lowest BCUT2D eigenvalue weighted by Gasteiger charge is -2.10. The number of hydrogen-bond acceptors (Lipinski definition) is 3. The molecule has 1 heterocycles. The highest BCUT2D eigenvalue weighted by Gasteiger charge is 2.31. The summed E-state index contributed by atoms with van der Waals surface area (Å²) in [5.74, 6) is 0. The zero-order chi connectivity index (χ0) is 17.9. The Kier molecular flexibility index (Phi) is 4.35. The van der Waals surface area contributed by atoms with Crippen molar-refractivity contribution in [3.8, 4) is 17.3 Å². The topological polar surface area (TPSA) is 65.4 Å². The highest BCUT2D eigenvalue weighted by Crippen LogP contribution is 2.34. The lowest BCUT2D eigenvalue weighted by molar-refractivity contribution is -0.137. The molecule has 0 saturated heterocycles. The van der Waals surface area contributed by atoms with Gasteiger partial charge in [-0.15, -0.1) is 5.10 Å². The highest BCUT2D eigenvalue weighted by molar-refractivity contribution is 5.81. The molecule has 0 fully saturated rings. The molecule has 2 aromatic carbocycles. The van der Waals surface area contributed by atoms with Crippen molar-refractivity contribution in [1.29, 1.82) is 5.26 Å². The molecule has 3 rings (SSSR count). The summed E-state index contributed by atoms with van der Waals surface area (Å²) in [6.45, 7) is 0. The number of rotatable bonds is 3. The van der Waals surface area contributed by atoms with Gasteiger partial charge in [0.25, 0.3) is 0 Å². The van der Waals surface area contributed by atoms with Crippen molar-refractivity contribution in [2.75, 3.05) is 0 Å². The average molecular weight is 340 g/mol. The van der Waals surface area contributed by atoms with Crippen LogP contribution in [0.4, 0.5) is 13.2 Å². The number of nitrogens with zero attached hydrogens (tertiary/aromatic N) is 3. The van der Waals surface area contributed by atoms with Gasteiger partial charge >= 0.3 is 6.18 Å². The molecule has 25 heavy (non-hydrogen) atoms. The molecule has 4 nitrogen and oxygen atoms in total. The van der Waals surface area contributed by atoms with Crippen molar-refractivity contribution >= 4 is 12.2 Å². The quantitative estimate of drug-likeness (QED) is 0.712. The molecule has 3 aromatic rings. The predicted molar refractivity (Wildman–Crippen MR) is 86.9 cm³/mol. The first-order chi connectivity index (χ1) is 12.0. The van der Waals surface area contributed by atoms with Gasteiger partial charge in [-0.2, -0.15) is 28.7 Å². The zero-order valence-electron chi connectivity index (χ0n) is 12.7. The maximum absolute atomic E-state index is 13.0. The third kappa shape index (κ3) is 3.58. The van der Waals surface area contributed by atoms with E-state index in [2.05, 4.69) is 15.4 Å². The summed E-state index contributed by atoms with van der Waals surface area (Å²) in [7, 11) is 0. The number of H-pyrrole nitrogens is 1. The summed E-state index contributed by atoms with van der Waals surface area (Å²) in [6.07, 6.45) is -1.04. The van der Waals surface area contributed by atoms with Crippen LogP contribution in [0.1, 0.15) is 22.4 Å². The van der Waals surface area contributed by atoms with Gasteiger partial charge in [0.05, 0.1) is 5.56 Å². The van der Waals surface area contributed by atoms with Crippen molar-refractivity contribution in [1.82, 2.24) is 15.4 Å². The number of alkyl halides is 3. The Morgan fingerprint density at radius 2 is 1.76 bits per heavy atom.